The molecule has 0 saturated carbocycles. The van der Waals surface area contributed by atoms with Crippen LogP contribution in [0.2, 0.25) is 0 Å². The number of halogens is 1. The van der Waals surface area contributed by atoms with Crippen molar-refractivity contribution in [1.82, 2.24) is 14.5 Å². The molecular formula is C20H15FN4O2. The highest BCUT2D eigenvalue weighted by molar-refractivity contribution is 6.01. The summed E-state index contributed by atoms with van der Waals surface area (Å²) in [5.41, 5.74) is 1.25. The number of hydrogen-bond acceptors (Lipinski definition) is 4. The minimum absolute atomic E-state index is 0.191. The number of carbonyl (C=O) groups is 1. The summed E-state index contributed by atoms with van der Waals surface area (Å²) in [5, 5.41) is 3.71. The first-order valence-electron chi connectivity index (χ1n) is 8.25. The Morgan fingerprint density at radius 3 is 2.74 bits per heavy atom. The lowest BCUT2D eigenvalue weighted by molar-refractivity contribution is -0.118. The minimum Gasteiger partial charge on any atom is -0.484 e. The topological polar surface area (TPSA) is 69.0 Å². The summed E-state index contributed by atoms with van der Waals surface area (Å²) >= 11 is 0. The van der Waals surface area contributed by atoms with Crippen molar-refractivity contribution in [2.24, 2.45) is 0 Å². The largest absolute Gasteiger partial charge is 0.484 e. The zero-order chi connectivity index (χ0) is 18.6. The van der Waals surface area contributed by atoms with Crippen LogP contribution in [-0.4, -0.2) is 27.0 Å². The molecule has 2 heterocycles. The smallest absolute Gasteiger partial charge is 0.262 e. The second-order valence-corrected chi connectivity index (χ2v) is 5.81. The maximum Gasteiger partial charge on any atom is 0.262 e. The molecule has 0 atom stereocenters. The number of fused-ring (bicyclic) bond motifs is 1. The van der Waals surface area contributed by atoms with Crippen LogP contribution in [0.3, 0.4) is 0 Å². The van der Waals surface area contributed by atoms with Gasteiger partial charge in [0.2, 0.25) is 0 Å². The molecule has 1 amide bonds. The number of amides is 1. The second kappa shape index (κ2) is 7.25. The van der Waals surface area contributed by atoms with E-state index in [0.29, 0.717) is 22.8 Å². The van der Waals surface area contributed by atoms with Gasteiger partial charge >= 0.3 is 0 Å². The van der Waals surface area contributed by atoms with Gasteiger partial charge in [-0.3, -0.25) is 9.36 Å². The van der Waals surface area contributed by atoms with E-state index >= 15 is 0 Å². The van der Waals surface area contributed by atoms with Crippen molar-refractivity contribution in [3.05, 3.63) is 79.1 Å². The molecule has 0 aliphatic carbocycles. The van der Waals surface area contributed by atoms with Gasteiger partial charge in [0.25, 0.3) is 5.91 Å². The predicted octanol–water partition coefficient (Wildman–Crippen LogP) is 3.58. The molecule has 6 nitrogen and oxygen atoms in total. The van der Waals surface area contributed by atoms with Crippen LogP contribution < -0.4 is 10.1 Å². The zero-order valence-electron chi connectivity index (χ0n) is 14.2. The molecule has 0 fully saturated rings. The predicted molar refractivity (Wildman–Crippen MR) is 99.4 cm³/mol. The van der Waals surface area contributed by atoms with Gasteiger partial charge in [-0.05, 0) is 42.5 Å². The highest BCUT2D eigenvalue weighted by atomic mass is 19.1. The molecule has 0 unspecified atom stereocenters. The molecule has 0 spiro atoms. The third kappa shape index (κ3) is 3.77. The van der Waals surface area contributed by atoms with Crippen molar-refractivity contribution in [3.63, 3.8) is 0 Å². The molecular weight excluding hydrogens is 347 g/mol. The fraction of sp³-hybridized carbons (Fsp3) is 0.0500. The van der Waals surface area contributed by atoms with Crippen molar-refractivity contribution in [1.29, 1.82) is 0 Å². The molecule has 2 aromatic heterocycles. The standard InChI is InChI=1S/C20H15FN4O2/c21-15-5-7-16(8-6-15)27-12-19(26)23-17-3-1-2-14-4-9-18(24-20(14)17)25-11-10-22-13-25/h1-11,13H,12H2,(H,23,26). The number of nitrogens with zero attached hydrogens (tertiary/aromatic N) is 3. The number of para-hydroxylation sites is 1. The average Bonchev–Trinajstić information content (AvgIpc) is 3.22. The van der Waals surface area contributed by atoms with E-state index in [2.05, 4.69) is 15.3 Å². The van der Waals surface area contributed by atoms with Gasteiger partial charge < -0.3 is 10.1 Å². The molecule has 134 valence electrons. The van der Waals surface area contributed by atoms with Crippen molar-refractivity contribution >= 4 is 22.5 Å². The molecule has 27 heavy (non-hydrogen) atoms. The Morgan fingerprint density at radius 1 is 1.11 bits per heavy atom. The van der Waals surface area contributed by atoms with Gasteiger partial charge in [0.1, 0.15) is 23.7 Å². The molecule has 0 bridgehead atoms. The average molecular weight is 362 g/mol. The Labute approximate surface area is 154 Å². The summed E-state index contributed by atoms with van der Waals surface area (Å²) < 4.78 is 20.1. The lowest BCUT2D eigenvalue weighted by Gasteiger charge is -2.10. The Balaban J connectivity index is 1.53. The van der Waals surface area contributed by atoms with Crippen molar-refractivity contribution < 1.29 is 13.9 Å². The lowest BCUT2D eigenvalue weighted by Crippen LogP contribution is -2.20. The Hall–Kier alpha value is -3.74. The van der Waals surface area contributed by atoms with Crippen LogP contribution in [0.15, 0.2) is 73.3 Å². The van der Waals surface area contributed by atoms with Gasteiger partial charge in [-0.15, -0.1) is 0 Å². The van der Waals surface area contributed by atoms with Gasteiger partial charge in [0.05, 0.1) is 11.2 Å². The third-order valence-electron chi connectivity index (χ3n) is 3.93. The van der Waals surface area contributed by atoms with E-state index < -0.39 is 0 Å². The summed E-state index contributed by atoms with van der Waals surface area (Å²) in [6, 6.07) is 14.9. The summed E-state index contributed by atoms with van der Waals surface area (Å²) in [7, 11) is 0. The monoisotopic (exact) mass is 362 g/mol. The SMILES string of the molecule is O=C(COc1ccc(F)cc1)Nc1cccc2ccc(-n3ccnc3)nc12. The zero-order valence-corrected chi connectivity index (χ0v) is 14.2. The van der Waals surface area contributed by atoms with E-state index in [1.54, 1.807) is 29.4 Å². The Morgan fingerprint density at radius 2 is 1.96 bits per heavy atom. The molecule has 4 aromatic rings. The van der Waals surface area contributed by atoms with Crippen molar-refractivity contribution in [3.8, 4) is 11.6 Å². The number of carbonyl (C=O) groups excluding carboxylic acids is 1. The Bertz CT molecular complexity index is 1080. The molecule has 0 aliphatic rings. The number of nitrogens with one attached hydrogen (secondary N) is 1. The summed E-state index contributed by atoms with van der Waals surface area (Å²) in [6.45, 7) is -0.191. The maximum atomic E-state index is 12.9. The molecule has 0 saturated heterocycles. The maximum absolute atomic E-state index is 12.9. The van der Waals surface area contributed by atoms with Crippen LogP contribution in [0.25, 0.3) is 16.7 Å². The van der Waals surface area contributed by atoms with E-state index in [0.717, 1.165) is 5.39 Å². The second-order valence-electron chi connectivity index (χ2n) is 5.81. The van der Waals surface area contributed by atoms with Gasteiger partial charge in [-0.2, -0.15) is 0 Å². The van der Waals surface area contributed by atoms with Gasteiger partial charge in [-0.25, -0.2) is 14.4 Å². The van der Waals surface area contributed by atoms with Gasteiger partial charge in [0.15, 0.2) is 6.61 Å². The van der Waals surface area contributed by atoms with Gasteiger partial charge in [-0.1, -0.05) is 12.1 Å². The summed E-state index contributed by atoms with van der Waals surface area (Å²) in [4.78, 5) is 20.9. The number of aromatic nitrogens is 3. The van der Waals surface area contributed by atoms with Crippen LogP contribution in [0.5, 0.6) is 5.75 Å². The molecule has 2 aromatic carbocycles. The number of ether oxygens (including phenoxy) is 1. The highest BCUT2D eigenvalue weighted by Gasteiger charge is 2.09. The quantitative estimate of drug-likeness (QED) is 0.589. The molecule has 0 aliphatic heterocycles. The number of benzene rings is 2. The number of rotatable bonds is 5. The molecule has 7 heteroatoms. The first-order valence-corrected chi connectivity index (χ1v) is 8.25. The normalized spacial score (nSPS) is 10.7. The highest BCUT2D eigenvalue weighted by Crippen LogP contribution is 2.23. The van der Waals surface area contributed by atoms with Crippen molar-refractivity contribution in [2.45, 2.75) is 0 Å². The van der Waals surface area contributed by atoms with Crippen LogP contribution in [0, 0.1) is 5.82 Å². The molecule has 0 radical (unpaired) electrons. The third-order valence-corrected chi connectivity index (χ3v) is 3.93. The fourth-order valence-corrected chi connectivity index (χ4v) is 2.64. The molecule has 1 N–H and O–H groups in total. The van der Waals surface area contributed by atoms with E-state index in [9.17, 15) is 9.18 Å². The van der Waals surface area contributed by atoms with E-state index in [1.165, 1.54) is 24.3 Å². The van der Waals surface area contributed by atoms with E-state index in [4.69, 9.17) is 4.74 Å². The number of imidazole rings is 1. The van der Waals surface area contributed by atoms with Crippen LogP contribution in [-0.2, 0) is 4.79 Å². The number of anilines is 1. The lowest BCUT2D eigenvalue weighted by atomic mass is 10.2. The first kappa shape index (κ1) is 16.7. The fourth-order valence-electron chi connectivity index (χ4n) is 2.64. The number of pyridine rings is 1. The summed E-state index contributed by atoms with van der Waals surface area (Å²) in [5.74, 6) is 0.429. The van der Waals surface area contributed by atoms with E-state index in [-0.39, 0.29) is 18.3 Å². The first-order chi connectivity index (χ1) is 13.2. The minimum atomic E-state index is -0.359. The van der Waals surface area contributed by atoms with Crippen LogP contribution in [0.4, 0.5) is 10.1 Å². The van der Waals surface area contributed by atoms with E-state index in [1.807, 2.05) is 24.3 Å². The van der Waals surface area contributed by atoms with Crippen LogP contribution >= 0.6 is 0 Å². The number of hydrogen-bond donors (Lipinski definition) is 1. The summed E-state index contributed by atoms with van der Waals surface area (Å²) in [6.07, 6.45) is 5.13. The Kier molecular flexibility index (Phi) is 4.49. The van der Waals surface area contributed by atoms with Crippen LogP contribution in [0.1, 0.15) is 0 Å². The van der Waals surface area contributed by atoms with Crippen molar-refractivity contribution in [2.75, 3.05) is 11.9 Å². The molecule has 4 rings (SSSR count). The van der Waals surface area contributed by atoms with Gasteiger partial charge in [0, 0.05) is 17.8 Å².